The van der Waals surface area contributed by atoms with Gasteiger partial charge in [-0.25, -0.2) is 8.42 Å². The maximum Gasteiger partial charge on any atom is 0.244 e. The molecule has 1 amide bonds. The van der Waals surface area contributed by atoms with Crippen LogP contribution in [0.15, 0.2) is 24.3 Å². The van der Waals surface area contributed by atoms with Crippen molar-refractivity contribution >= 4 is 33.2 Å². The minimum Gasteiger partial charge on any atom is -0.351 e. The van der Waals surface area contributed by atoms with E-state index in [2.05, 4.69) is 17.3 Å². The van der Waals surface area contributed by atoms with Crippen molar-refractivity contribution in [3.8, 4) is 0 Å². The summed E-state index contributed by atoms with van der Waals surface area (Å²) in [4.78, 5) is 15.0. The first-order valence-corrected chi connectivity index (χ1v) is 10.7. The average molecular weight is 388 g/mol. The van der Waals surface area contributed by atoms with Crippen molar-refractivity contribution in [2.24, 2.45) is 0 Å². The van der Waals surface area contributed by atoms with Crippen molar-refractivity contribution in [2.75, 3.05) is 30.7 Å². The van der Waals surface area contributed by atoms with Crippen LogP contribution in [0.25, 0.3) is 0 Å². The summed E-state index contributed by atoms with van der Waals surface area (Å²) in [6.45, 7) is 3.66. The summed E-state index contributed by atoms with van der Waals surface area (Å²) in [5.41, 5.74) is 0.442. The molecule has 1 fully saturated rings. The van der Waals surface area contributed by atoms with E-state index < -0.39 is 16.1 Å². The number of nitrogens with zero attached hydrogens (tertiary/aromatic N) is 2. The van der Waals surface area contributed by atoms with Gasteiger partial charge in [-0.1, -0.05) is 18.5 Å². The number of likely N-dealkylation sites (tertiary alicyclic amines) is 1. The third-order valence-electron chi connectivity index (χ3n) is 4.48. The third kappa shape index (κ3) is 5.33. The number of piperidine rings is 1. The molecule has 140 valence electrons. The van der Waals surface area contributed by atoms with Crippen LogP contribution in [0.5, 0.6) is 0 Å². The largest absolute Gasteiger partial charge is 0.351 e. The molecule has 8 heteroatoms. The zero-order valence-corrected chi connectivity index (χ0v) is 16.5. The van der Waals surface area contributed by atoms with Gasteiger partial charge in [-0.15, -0.1) is 0 Å². The van der Waals surface area contributed by atoms with E-state index in [1.54, 1.807) is 24.3 Å². The first kappa shape index (κ1) is 20.0. The lowest BCUT2D eigenvalue weighted by Gasteiger charge is -2.34. The molecule has 1 heterocycles. The van der Waals surface area contributed by atoms with Gasteiger partial charge in [0, 0.05) is 11.1 Å². The molecule has 0 spiro atoms. The fourth-order valence-electron chi connectivity index (χ4n) is 3.10. The highest BCUT2D eigenvalue weighted by Crippen LogP contribution is 2.24. The van der Waals surface area contributed by atoms with Crippen LogP contribution in [0.3, 0.4) is 0 Å². The average Bonchev–Trinajstić information content (AvgIpc) is 2.54. The highest BCUT2D eigenvalue weighted by atomic mass is 35.5. The molecule has 6 nitrogen and oxygen atoms in total. The summed E-state index contributed by atoms with van der Waals surface area (Å²) in [6, 6.07) is 5.79. The summed E-state index contributed by atoms with van der Waals surface area (Å²) in [7, 11) is -1.56. The molecular formula is C17H26ClN3O3S. The predicted molar refractivity (Wildman–Crippen MR) is 102 cm³/mol. The Kier molecular flexibility index (Phi) is 6.71. The van der Waals surface area contributed by atoms with Gasteiger partial charge in [0.2, 0.25) is 15.9 Å². The van der Waals surface area contributed by atoms with Gasteiger partial charge < -0.3 is 10.2 Å². The van der Waals surface area contributed by atoms with Crippen LogP contribution in [0, 0.1) is 0 Å². The van der Waals surface area contributed by atoms with Crippen LogP contribution >= 0.6 is 11.6 Å². The highest BCUT2D eigenvalue weighted by molar-refractivity contribution is 7.92. The Bertz CT molecular complexity index is 686. The van der Waals surface area contributed by atoms with Crippen molar-refractivity contribution in [1.82, 2.24) is 10.2 Å². The third-order valence-corrected chi connectivity index (χ3v) is 5.91. The maximum absolute atomic E-state index is 12.8. The molecule has 1 N–H and O–H groups in total. The van der Waals surface area contributed by atoms with E-state index in [1.807, 2.05) is 6.92 Å². The summed E-state index contributed by atoms with van der Waals surface area (Å²) >= 11 is 5.90. The van der Waals surface area contributed by atoms with Crippen LogP contribution in [0.1, 0.15) is 26.2 Å². The number of carbonyl (C=O) groups is 1. The molecule has 1 atom stereocenters. The van der Waals surface area contributed by atoms with Gasteiger partial charge in [0.05, 0.1) is 11.9 Å². The molecule has 2 rings (SSSR count). The van der Waals surface area contributed by atoms with E-state index in [9.17, 15) is 13.2 Å². The molecule has 1 saturated heterocycles. The van der Waals surface area contributed by atoms with E-state index in [0.717, 1.165) is 32.2 Å². The number of halogens is 1. The summed E-state index contributed by atoms with van der Waals surface area (Å²) in [5, 5.41) is 3.54. The quantitative estimate of drug-likeness (QED) is 0.811. The number of amides is 1. The zero-order chi connectivity index (χ0) is 18.6. The second-order valence-electron chi connectivity index (χ2n) is 6.55. The van der Waals surface area contributed by atoms with Gasteiger partial charge in [-0.3, -0.25) is 9.10 Å². The van der Waals surface area contributed by atoms with Crippen molar-refractivity contribution < 1.29 is 13.2 Å². The SMILES string of the molecule is CCC(C(=O)NC1CCN(C)CC1)N(c1ccc(Cl)cc1)S(C)(=O)=O. The van der Waals surface area contributed by atoms with Gasteiger partial charge in [-0.2, -0.15) is 0 Å². The summed E-state index contributed by atoms with van der Waals surface area (Å²) in [5.74, 6) is -0.252. The van der Waals surface area contributed by atoms with E-state index in [-0.39, 0.29) is 11.9 Å². The van der Waals surface area contributed by atoms with E-state index >= 15 is 0 Å². The molecule has 0 aliphatic carbocycles. The second-order valence-corrected chi connectivity index (χ2v) is 8.84. The zero-order valence-electron chi connectivity index (χ0n) is 14.9. The predicted octanol–water partition coefficient (Wildman–Crippen LogP) is 2.10. The number of carbonyl (C=O) groups excluding carboxylic acids is 1. The Hall–Kier alpha value is -1.31. The van der Waals surface area contributed by atoms with E-state index in [0.29, 0.717) is 17.1 Å². The van der Waals surface area contributed by atoms with E-state index in [4.69, 9.17) is 11.6 Å². The van der Waals surface area contributed by atoms with Crippen LogP contribution in [-0.2, 0) is 14.8 Å². The van der Waals surface area contributed by atoms with Crippen molar-refractivity contribution in [2.45, 2.75) is 38.3 Å². The Morgan fingerprint density at radius 1 is 1.32 bits per heavy atom. The Morgan fingerprint density at radius 3 is 2.36 bits per heavy atom. The second kappa shape index (κ2) is 8.38. The lowest BCUT2D eigenvalue weighted by Crippen LogP contribution is -2.53. The highest BCUT2D eigenvalue weighted by Gasteiger charge is 2.32. The molecule has 0 bridgehead atoms. The van der Waals surface area contributed by atoms with Crippen LogP contribution in [0.4, 0.5) is 5.69 Å². The lowest BCUT2D eigenvalue weighted by atomic mass is 10.0. The number of benzene rings is 1. The standard InChI is InChI=1S/C17H26ClN3O3S/c1-4-16(17(22)19-14-9-11-20(2)12-10-14)21(25(3,23)24)15-7-5-13(18)6-8-15/h5-8,14,16H,4,9-12H2,1-3H3,(H,19,22). The lowest BCUT2D eigenvalue weighted by molar-refractivity contribution is -0.123. The Morgan fingerprint density at radius 2 is 1.88 bits per heavy atom. The van der Waals surface area contributed by atoms with Gasteiger partial charge in [0.25, 0.3) is 0 Å². The number of hydrogen-bond acceptors (Lipinski definition) is 4. The van der Waals surface area contributed by atoms with E-state index in [1.165, 1.54) is 4.31 Å². The molecule has 1 aliphatic heterocycles. The first-order valence-electron chi connectivity index (χ1n) is 8.46. The van der Waals surface area contributed by atoms with Gasteiger partial charge in [-0.05, 0) is 63.7 Å². The number of sulfonamides is 1. The fraction of sp³-hybridized carbons (Fsp3) is 0.588. The minimum atomic E-state index is -3.62. The number of hydrogen-bond donors (Lipinski definition) is 1. The van der Waals surface area contributed by atoms with Crippen LogP contribution < -0.4 is 9.62 Å². The fourth-order valence-corrected chi connectivity index (χ4v) is 4.44. The first-order chi connectivity index (χ1) is 11.7. The van der Waals surface area contributed by atoms with Crippen molar-refractivity contribution in [1.29, 1.82) is 0 Å². The minimum absolute atomic E-state index is 0.0874. The normalized spacial score (nSPS) is 17.9. The molecule has 1 aromatic carbocycles. The maximum atomic E-state index is 12.8. The number of anilines is 1. The molecule has 1 aliphatic rings. The van der Waals surface area contributed by atoms with Crippen LogP contribution in [0.2, 0.25) is 5.02 Å². The van der Waals surface area contributed by atoms with Gasteiger partial charge in [0.1, 0.15) is 6.04 Å². The van der Waals surface area contributed by atoms with Gasteiger partial charge >= 0.3 is 0 Å². The Balaban J connectivity index is 2.21. The van der Waals surface area contributed by atoms with Crippen LogP contribution in [-0.4, -0.2) is 57.7 Å². The number of nitrogens with one attached hydrogen (secondary N) is 1. The molecule has 0 radical (unpaired) electrons. The molecule has 1 unspecified atom stereocenters. The molecule has 0 saturated carbocycles. The smallest absolute Gasteiger partial charge is 0.244 e. The molecular weight excluding hydrogens is 362 g/mol. The summed E-state index contributed by atoms with van der Waals surface area (Å²) in [6.07, 6.45) is 3.25. The molecule has 25 heavy (non-hydrogen) atoms. The molecule has 1 aromatic rings. The Labute approximate surface area is 155 Å². The molecule has 0 aromatic heterocycles. The van der Waals surface area contributed by atoms with Crippen molar-refractivity contribution in [3.63, 3.8) is 0 Å². The topological polar surface area (TPSA) is 69.7 Å². The van der Waals surface area contributed by atoms with Crippen molar-refractivity contribution in [3.05, 3.63) is 29.3 Å². The monoisotopic (exact) mass is 387 g/mol. The number of rotatable bonds is 6. The summed E-state index contributed by atoms with van der Waals surface area (Å²) < 4.78 is 25.9. The van der Waals surface area contributed by atoms with Gasteiger partial charge in [0.15, 0.2) is 0 Å².